The SMILES string of the molecule is CN1C(=O)C(Br)(Br)c2ccccc21. The molecule has 4 heteroatoms. The number of carbonyl (C=O) groups is 1. The van der Waals surface area contributed by atoms with Gasteiger partial charge in [-0.2, -0.15) is 0 Å². The Labute approximate surface area is 93.2 Å². The van der Waals surface area contributed by atoms with Crippen LogP contribution in [-0.2, 0) is 8.03 Å². The maximum Gasteiger partial charge on any atom is 0.259 e. The van der Waals surface area contributed by atoms with Crippen molar-refractivity contribution in [3.05, 3.63) is 29.8 Å². The highest BCUT2D eigenvalue weighted by Crippen LogP contribution is 2.49. The normalized spacial score (nSPS) is 19.0. The van der Waals surface area contributed by atoms with E-state index in [-0.39, 0.29) is 5.91 Å². The number of amides is 1. The molecule has 0 spiro atoms. The highest BCUT2D eigenvalue weighted by atomic mass is 79.9. The summed E-state index contributed by atoms with van der Waals surface area (Å²) >= 11 is 6.74. The minimum Gasteiger partial charge on any atom is -0.313 e. The summed E-state index contributed by atoms with van der Waals surface area (Å²) < 4.78 is -0.731. The van der Waals surface area contributed by atoms with Crippen molar-refractivity contribution in [1.29, 1.82) is 0 Å². The summed E-state index contributed by atoms with van der Waals surface area (Å²) in [5.41, 5.74) is 1.91. The Bertz CT molecular complexity index is 376. The van der Waals surface area contributed by atoms with Crippen LogP contribution >= 0.6 is 31.9 Å². The average Bonchev–Trinajstić information content (AvgIpc) is 2.30. The van der Waals surface area contributed by atoms with Gasteiger partial charge in [-0.05, 0) is 6.07 Å². The fraction of sp³-hybridized carbons (Fsp3) is 0.222. The smallest absolute Gasteiger partial charge is 0.259 e. The molecule has 0 saturated carbocycles. The van der Waals surface area contributed by atoms with Crippen LogP contribution in [0.15, 0.2) is 24.3 Å². The predicted molar refractivity (Wildman–Crippen MR) is 59.4 cm³/mol. The summed E-state index contributed by atoms with van der Waals surface area (Å²) in [5, 5.41) is 0. The summed E-state index contributed by atoms with van der Waals surface area (Å²) in [4.78, 5) is 13.4. The molecule has 68 valence electrons. The molecule has 1 heterocycles. The first-order valence-corrected chi connectivity index (χ1v) is 5.39. The van der Waals surface area contributed by atoms with Crippen LogP contribution in [0.2, 0.25) is 0 Å². The van der Waals surface area contributed by atoms with Crippen molar-refractivity contribution >= 4 is 43.5 Å². The minimum absolute atomic E-state index is 0.00806. The first-order chi connectivity index (χ1) is 6.05. The van der Waals surface area contributed by atoms with Crippen LogP contribution in [-0.4, -0.2) is 13.0 Å². The monoisotopic (exact) mass is 303 g/mol. The zero-order valence-electron chi connectivity index (χ0n) is 6.92. The standard InChI is InChI=1S/C9H7Br2NO/c1-12-7-5-3-2-4-6(7)9(10,11)8(12)13/h2-5H,1H3. The second kappa shape index (κ2) is 2.82. The van der Waals surface area contributed by atoms with Crippen molar-refractivity contribution in [3.8, 4) is 0 Å². The number of hydrogen-bond acceptors (Lipinski definition) is 1. The quantitative estimate of drug-likeness (QED) is 0.675. The third-order valence-corrected chi connectivity index (χ3v) is 3.71. The van der Waals surface area contributed by atoms with Crippen LogP contribution in [0.1, 0.15) is 5.56 Å². The molecular weight excluding hydrogens is 298 g/mol. The van der Waals surface area contributed by atoms with E-state index in [0.29, 0.717) is 0 Å². The van der Waals surface area contributed by atoms with E-state index in [1.54, 1.807) is 11.9 Å². The lowest BCUT2D eigenvalue weighted by Gasteiger charge is -2.12. The van der Waals surface area contributed by atoms with E-state index >= 15 is 0 Å². The van der Waals surface area contributed by atoms with E-state index in [0.717, 1.165) is 11.3 Å². The zero-order valence-corrected chi connectivity index (χ0v) is 10.1. The van der Waals surface area contributed by atoms with E-state index in [9.17, 15) is 4.79 Å². The van der Waals surface area contributed by atoms with Gasteiger partial charge < -0.3 is 4.90 Å². The molecule has 1 aliphatic rings. The number of rotatable bonds is 0. The molecule has 1 amide bonds. The Morgan fingerprint density at radius 1 is 1.31 bits per heavy atom. The third-order valence-electron chi connectivity index (χ3n) is 2.18. The van der Waals surface area contributed by atoms with Crippen molar-refractivity contribution in [1.82, 2.24) is 0 Å². The summed E-state index contributed by atoms with van der Waals surface area (Å²) in [5.74, 6) is 0.00806. The molecule has 2 rings (SSSR count). The lowest BCUT2D eigenvalue weighted by molar-refractivity contribution is -0.117. The molecule has 0 N–H and O–H groups in total. The Balaban J connectivity index is 2.68. The molecule has 0 fully saturated rings. The number of alkyl halides is 2. The number of hydrogen-bond donors (Lipinski definition) is 0. The largest absolute Gasteiger partial charge is 0.313 e. The predicted octanol–water partition coefficient (Wildman–Crippen LogP) is 2.61. The van der Waals surface area contributed by atoms with Crippen LogP contribution in [0, 0.1) is 0 Å². The second-order valence-electron chi connectivity index (χ2n) is 2.96. The van der Waals surface area contributed by atoms with Crippen molar-refractivity contribution in [2.24, 2.45) is 0 Å². The number of para-hydroxylation sites is 1. The zero-order chi connectivity index (χ0) is 9.64. The van der Waals surface area contributed by atoms with Crippen LogP contribution in [0.5, 0.6) is 0 Å². The molecule has 2 nitrogen and oxygen atoms in total. The minimum atomic E-state index is -0.731. The summed E-state index contributed by atoms with van der Waals surface area (Å²) in [6.07, 6.45) is 0. The summed E-state index contributed by atoms with van der Waals surface area (Å²) in [6.45, 7) is 0. The number of carbonyl (C=O) groups excluding carboxylic acids is 1. The fourth-order valence-electron chi connectivity index (χ4n) is 1.47. The van der Waals surface area contributed by atoms with Crippen LogP contribution in [0.4, 0.5) is 5.69 Å². The van der Waals surface area contributed by atoms with Crippen molar-refractivity contribution in [2.75, 3.05) is 11.9 Å². The maximum absolute atomic E-state index is 11.7. The van der Waals surface area contributed by atoms with Crippen LogP contribution in [0.3, 0.4) is 0 Å². The van der Waals surface area contributed by atoms with Gasteiger partial charge in [0.25, 0.3) is 5.91 Å². The van der Waals surface area contributed by atoms with Crippen molar-refractivity contribution < 1.29 is 4.79 Å². The topological polar surface area (TPSA) is 20.3 Å². The number of halogens is 2. The summed E-state index contributed by atoms with van der Waals surface area (Å²) in [6, 6.07) is 7.70. The fourth-order valence-corrected chi connectivity index (χ4v) is 2.67. The van der Waals surface area contributed by atoms with Gasteiger partial charge in [-0.15, -0.1) is 0 Å². The Kier molecular flexibility index (Phi) is 2.00. The molecule has 0 atom stereocenters. The number of fused-ring (bicyclic) bond motifs is 1. The lowest BCUT2D eigenvalue weighted by Crippen LogP contribution is -2.29. The number of anilines is 1. The molecule has 1 aromatic carbocycles. The van der Waals surface area contributed by atoms with E-state index in [2.05, 4.69) is 31.9 Å². The van der Waals surface area contributed by atoms with Gasteiger partial charge in [-0.1, -0.05) is 50.1 Å². The summed E-state index contributed by atoms with van der Waals surface area (Å²) in [7, 11) is 1.77. The number of likely N-dealkylation sites (N-methyl/N-ethyl adjacent to an activating group) is 1. The van der Waals surface area contributed by atoms with E-state index in [4.69, 9.17) is 0 Å². The number of nitrogens with zero attached hydrogens (tertiary/aromatic N) is 1. The lowest BCUT2D eigenvalue weighted by atomic mass is 10.2. The molecule has 0 unspecified atom stereocenters. The maximum atomic E-state index is 11.7. The van der Waals surface area contributed by atoms with Gasteiger partial charge in [0.05, 0.1) is 0 Å². The van der Waals surface area contributed by atoms with Crippen molar-refractivity contribution in [2.45, 2.75) is 3.23 Å². The molecule has 1 aliphatic heterocycles. The molecule has 0 aliphatic carbocycles. The second-order valence-corrected chi connectivity index (χ2v) is 6.40. The first-order valence-electron chi connectivity index (χ1n) is 3.80. The van der Waals surface area contributed by atoms with Crippen LogP contribution in [0.25, 0.3) is 0 Å². The average molecular weight is 305 g/mol. The number of benzene rings is 1. The Hall–Kier alpha value is -0.350. The molecule has 0 radical (unpaired) electrons. The van der Waals surface area contributed by atoms with Gasteiger partial charge in [0.1, 0.15) is 0 Å². The highest BCUT2D eigenvalue weighted by molar-refractivity contribution is 9.25. The molecule has 0 bridgehead atoms. The molecule has 0 aromatic heterocycles. The molecule has 13 heavy (non-hydrogen) atoms. The van der Waals surface area contributed by atoms with Gasteiger partial charge >= 0.3 is 0 Å². The highest BCUT2D eigenvalue weighted by Gasteiger charge is 2.45. The van der Waals surface area contributed by atoms with Crippen molar-refractivity contribution in [3.63, 3.8) is 0 Å². The Morgan fingerprint density at radius 2 is 1.92 bits per heavy atom. The van der Waals surface area contributed by atoms with Gasteiger partial charge in [-0.3, -0.25) is 4.79 Å². The van der Waals surface area contributed by atoms with E-state index < -0.39 is 3.23 Å². The Morgan fingerprint density at radius 3 is 2.54 bits per heavy atom. The van der Waals surface area contributed by atoms with E-state index in [1.165, 1.54) is 0 Å². The van der Waals surface area contributed by atoms with Gasteiger partial charge in [0.15, 0.2) is 3.23 Å². The van der Waals surface area contributed by atoms with Gasteiger partial charge in [0.2, 0.25) is 0 Å². The van der Waals surface area contributed by atoms with Gasteiger partial charge in [0, 0.05) is 18.3 Å². The molecule has 0 saturated heterocycles. The molecular formula is C9H7Br2NO. The first kappa shape index (κ1) is 9.21. The van der Waals surface area contributed by atoms with E-state index in [1.807, 2.05) is 24.3 Å². The van der Waals surface area contributed by atoms with Crippen LogP contribution < -0.4 is 4.90 Å². The van der Waals surface area contributed by atoms with Gasteiger partial charge in [-0.25, -0.2) is 0 Å². The molecule has 1 aromatic rings. The third kappa shape index (κ3) is 1.15.